The SMILES string of the molecule is Cc1nc(C(=O)Nc2ccc(C)c(C)c2)n[nH]1. The summed E-state index contributed by atoms with van der Waals surface area (Å²) in [5, 5.41) is 9.19. The molecule has 0 saturated heterocycles. The molecule has 0 spiro atoms. The number of amides is 1. The zero-order valence-corrected chi connectivity index (χ0v) is 10.0. The van der Waals surface area contributed by atoms with E-state index in [9.17, 15) is 4.79 Å². The molecule has 0 unspecified atom stereocenters. The minimum absolute atomic E-state index is 0.153. The number of hydrogen-bond donors (Lipinski definition) is 2. The Morgan fingerprint density at radius 3 is 2.59 bits per heavy atom. The van der Waals surface area contributed by atoms with Gasteiger partial charge in [-0.2, -0.15) is 0 Å². The molecule has 1 aromatic heterocycles. The number of hydrogen-bond acceptors (Lipinski definition) is 3. The first-order chi connectivity index (χ1) is 8.06. The highest BCUT2D eigenvalue weighted by Gasteiger charge is 2.11. The van der Waals surface area contributed by atoms with Gasteiger partial charge < -0.3 is 5.32 Å². The van der Waals surface area contributed by atoms with Crippen molar-refractivity contribution in [3.8, 4) is 0 Å². The number of aromatic amines is 1. The van der Waals surface area contributed by atoms with Crippen molar-refractivity contribution in [2.24, 2.45) is 0 Å². The van der Waals surface area contributed by atoms with Crippen molar-refractivity contribution >= 4 is 11.6 Å². The molecule has 17 heavy (non-hydrogen) atoms. The standard InChI is InChI=1S/C12H14N4O/c1-7-4-5-10(6-8(7)2)14-12(17)11-13-9(3)15-16-11/h4-6H,1-3H3,(H,14,17)(H,13,15,16). The van der Waals surface area contributed by atoms with Crippen LogP contribution in [0.2, 0.25) is 0 Å². The van der Waals surface area contributed by atoms with Crippen molar-refractivity contribution in [2.45, 2.75) is 20.8 Å². The second-order valence-electron chi connectivity index (χ2n) is 4.00. The molecule has 0 aliphatic carbocycles. The maximum atomic E-state index is 11.8. The number of carbonyl (C=O) groups excluding carboxylic acids is 1. The topological polar surface area (TPSA) is 70.7 Å². The summed E-state index contributed by atoms with van der Waals surface area (Å²) in [5.41, 5.74) is 3.08. The zero-order valence-electron chi connectivity index (χ0n) is 10.0. The molecule has 0 saturated carbocycles. The first-order valence-electron chi connectivity index (χ1n) is 5.34. The summed E-state index contributed by atoms with van der Waals surface area (Å²) in [4.78, 5) is 15.7. The molecule has 0 aliphatic heterocycles. The fourth-order valence-corrected chi connectivity index (χ4v) is 1.45. The molecule has 1 heterocycles. The minimum Gasteiger partial charge on any atom is -0.319 e. The highest BCUT2D eigenvalue weighted by atomic mass is 16.2. The Balaban J connectivity index is 2.15. The Bertz CT molecular complexity index is 559. The Kier molecular flexibility index (Phi) is 2.91. The first-order valence-corrected chi connectivity index (χ1v) is 5.34. The van der Waals surface area contributed by atoms with Crippen molar-refractivity contribution in [1.82, 2.24) is 15.2 Å². The van der Waals surface area contributed by atoms with E-state index in [0.717, 1.165) is 11.3 Å². The zero-order chi connectivity index (χ0) is 12.4. The van der Waals surface area contributed by atoms with E-state index in [2.05, 4.69) is 20.5 Å². The van der Waals surface area contributed by atoms with Crippen LogP contribution in [0.4, 0.5) is 5.69 Å². The van der Waals surface area contributed by atoms with E-state index in [1.54, 1.807) is 6.92 Å². The molecular weight excluding hydrogens is 216 g/mol. The van der Waals surface area contributed by atoms with Crippen LogP contribution in [-0.2, 0) is 0 Å². The van der Waals surface area contributed by atoms with Gasteiger partial charge >= 0.3 is 0 Å². The Morgan fingerprint density at radius 1 is 1.24 bits per heavy atom. The van der Waals surface area contributed by atoms with Gasteiger partial charge in [-0.1, -0.05) is 6.07 Å². The predicted molar refractivity (Wildman–Crippen MR) is 65.0 cm³/mol. The fourth-order valence-electron chi connectivity index (χ4n) is 1.45. The molecule has 0 bridgehead atoms. The highest BCUT2D eigenvalue weighted by Crippen LogP contribution is 2.14. The van der Waals surface area contributed by atoms with Gasteiger partial charge in [0, 0.05) is 5.69 Å². The molecule has 5 heteroatoms. The highest BCUT2D eigenvalue weighted by molar-refractivity contribution is 6.01. The summed E-state index contributed by atoms with van der Waals surface area (Å²) in [7, 11) is 0. The van der Waals surface area contributed by atoms with Crippen molar-refractivity contribution in [3.05, 3.63) is 41.0 Å². The lowest BCUT2D eigenvalue weighted by atomic mass is 10.1. The Labute approximate surface area is 99.3 Å². The van der Waals surface area contributed by atoms with E-state index >= 15 is 0 Å². The van der Waals surface area contributed by atoms with Crippen molar-refractivity contribution in [1.29, 1.82) is 0 Å². The van der Waals surface area contributed by atoms with Crippen molar-refractivity contribution in [2.75, 3.05) is 5.32 Å². The summed E-state index contributed by atoms with van der Waals surface area (Å²) in [5.74, 6) is 0.466. The van der Waals surface area contributed by atoms with Crippen LogP contribution in [0.3, 0.4) is 0 Å². The molecule has 2 aromatic rings. The lowest BCUT2D eigenvalue weighted by Crippen LogP contribution is -2.13. The van der Waals surface area contributed by atoms with Gasteiger partial charge in [0.2, 0.25) is 5.82 Å². The summed E-state index contributed by atoms with van der Waals surface area (Å²) in [6, 6.07) is 5.75. The van der Waals surface area contributed by atoms with Crippen LogP contribution in [0, 0.1) is 20.8 Å². The monoisotopic (exact) mass is 230 g/mol. The number of nitrogens with zero attached hydrogens (tertiary/aromatic N) is 2. The van der Waals surface area contributed by atoms with Crippen LogP contribution < -0.4 is 5.32 Å². The summed E-state index contributed by atoms with van der Waals surface area (Å²) in [6.07, 6.45) is 0. The molecule has 2 N–H and O–H groups in total. The van der Waals surface area contributed by atoms with Crippen LogP contribution in [0.5, 0.6) is 0 Å². The third-order valence-corrected chi connectivity index (χ3v) is 2.57. The Morgan fingerprint density at radius 2 is 2.00 bits per heavy atom. The average Bonchev–Trinajstić information content (AvgIpc) is 2.70. The predicted octanol–water partition coefficient (Wildman–Crippen LogP) is 1.98. The number of aromatic nitrogens is 3. The number of carbonyl (C=O) groups is 1. The largest absolute Gasteiger partial charge is 0.319 e. The van der Waals surface area contributed by atoms with E-state index < -0.39 is 0 Å². The van der Waals surface area contributed by atoms with Crippen molar-refractivity contribution < 1.29 is 4.79 Å². The second kappa shape index (κ2) is 4.37. The lowest BCUT2D eigenvalue weighted by Gasteiger charge is -2.05. The Hall–Kier alpha value is -2.17. The summed E-state index contributed by atoms with van der Waals surface area (Å²) >= 11 is 0. The fraction of sp³-hybridized carbons (Fsp3) is 0.250. The van der Waals surface area contributed by atoms with Crippen LogP contribution in [-0.4, -0.2) is 21.1 Å². The van der Waals surface area contributed by atoms with Crippen LogP contribution >= 0.6 is 0 Å². The third kappa shape index (κ3) is 2.50. The normalized spacial score (nSPS) is 10.3. The number of rotatable bonds is 2. The smallest absolute Gasteiger partial charge is 0.295 e. The van der Waals surface area contributed by atoms with Gasteiger partial charge in [0.05, 0.1) is 0 Å². The van der Waals surface area contributed by atoms with Gasteiger partial charge in [-0.05, 0) is 44.0 Å². The van der Waals surface area contributed by atoms with Gasteiger partial charge in [-0.15, -0.1) is 5.10 Å². The van der Waals surface area contributed by atoms with Crippen molar-refractivity contribution in [3.63, 3.8) is 0 Å². The minimum atomic E-state index is -0.308. The molecule has 0 fully saturated rings. The molecule has 0 radical (unpaired) electrons. The summed E-state index contributed by atoms with van der Waals surface area (Å²) in [6.45, 7) is 5.78. The van der Waals surface area contributed by atoms with Crippen LogP contribution in [0.15, 0.2) is 18.2 Å². The molecule has 88 valence electrons. The van der Waals surface area contributed by atoms with Crippen LogP contribution in [0.25, 0.3) is 0 Å². The maximum absolute atomic E-state index is 11.8. The molecule has 2 rings (SSSR count). The van der Waals surface area contributed by atoms with Crippen LogP contribution in [0.1, 0.15) is 27.6 Å². The third-order valence-electron chi connectivity index (χ3n) is 2.57. The van der Waals surface area contributed by atoms with E-state index in [-0.39, 0.29) is 11.7 Å². The lowest BCUT2D eigenvalue weighted by molar-refractivity contribution is 0.101. The van der Waals surface area contributed by atoms with Gasteiger partial charge in [-0.25, -0.2) is 4.98 Å². The van der Waals surface area contributed by atoms with E-state index in [1.165, 1.54) is 5.56 Å². The van der Waals surface area contributed by atoms with Gasteiger partial charge in [0.1, 0.15) is 5.82 Å². The van der Waals surface area contributed by atoms with E-state index in [1.807, 2.05) is 32.0 Å². The van der Waals surface area contributed by atoms with E-state index in [4.69, 9.17) is 0 Å². The molecular formula is C12H14N4O. The van der Waals surface area contributed by atoms with Gasteiger partial charge in [0.15, 0.2) is 0 Å². The first kappa shape index (κ1) is 11.3. The molecule has 1 aromatic carbocycles. The average molecular weight is 230 g/mol. The quantitative estimate of drug-likeness (QED) is 0.828. The molecule has 1 amide bonds. The molecule has 0 atom stereocenters. The number of benzene rings is 1. The number of nitrogens with one attached hydrogen (secondary N) is 2. The summed E-state index contributed by atoms with van der Waals surface area (Å²) < 4.78 is 0. The molecule has 5 nitrogen and oxygen atoms in total. The van der Waals surface area contributed by atoms with Gasteiger partial charge in [-0.3, -0.25) is 9.89 Å². The number of H-pyrrole nitrogens is 1. The van der Waals surface area contributed by atoms with Gasteiger partial charge in [0.25, 0.3) is 5.91 Å². The number of anilines is 1. The van der Waals surface area contributed by atoms with E-state index in [0.29, 0.717) is 5.82 Å². The number of aryl methyl sites for hydroxylation is 3. The molecule has 0 aliphatic rings. The second-order valence-corrected chi connectivity index (χ2v) is 4.00. The maximum Gasteiger partial charge on any atom is 0.295 e.